The maximum Gasteiger partial charge on any atom is 0.126 e. The van der Waals surface area contributed by atoms with E-state index >= 15 is 0 Å². The van der Waals surface area contributed by atoms with Crippen LogP contribution >= 0.6 is 0 Å². The largest absolute Gasteiger partial charge is 0.383 e. The summed E-state index contributed by atoms with van der Waals surface area (Å²) in [6, 6.07) is 20.1. The molecule has 2 heteroatoms. The van der Waals surface area contributed by atoms with Gasteiger partial charge in [0.25, 0.3) is 0 Å². The summed E-state index contributed by atoms with van der Waals surface area (Å²) in [5.74, 6) is 0.549. The molecular formula is C17H18N2. The van der Waals surface area contributed by atoms with Crippen molar-refractivity contribution in [2.45, 2.75) is 13.8 Å². The molecule has 1 aromatic heterocycles. The molecule has 0 aliphatic heterocycles. The van der Waals surface area contributed by atoms with E-state index in [4.69, 9.17) is 5.73 Å². The van der Waals surface area contributed by atoms with E-state index in [1.807, 2.05) is 61.5 Å². The number of anilines is 1. The smallest absolute Gasteiger partial charge is 0.126 e. The second-order valence-electron chi connectivity index (χ2n) is 4.53. The number of benzene rings is 1. The lowest BCUT2D eigenvalue weighted by molar-refractivity contribution is 1.30. The summed E-state index contributed by atoms with van der Waals surface area (Å²) in [6.07, 6.45) is 0. The predicted molar refractivity (Wildman–Crippen MR) is 81.2 cm³/mol. The van der Waals surface area contributed by atoms with Gasteiger partial charge in [-0.2, -0.15) is 0 Å². The quantitative estimate of drug-likeness (QED) is 0.828. The molecule has 0 amide bonds. The van der Waals surface area contributed by atoms with Gasteiger partial charge in [-0.1, -0.05) is 60.2 Å². The molecule has 0 saturated carbocycles. The average molecular weight is 250 g/mol. The number of nitrogens with two attached hydrogens (primary N) is 1. The third-order valence-corrected chi connectivity index (χ3v) is 2.92. The Bertz CT molecular complexity index is 618. The fraction of sp³-hybridized carbons (Fsp3) is 0.118. The first-order chi connectivity index (χ1) is 9.16. The molecule has 0 fully saturated rings. The molecule has 96 valence electrons. The summed E-state index contributed by atoms with van der Waals surface area (Å²) in [5.41, 5.74) is 10.1. The van der Waals surface area contributed by atoms with E-state index in [0.29, 0.717) is 5.82 Å². The van der Waals surface area contributed by atoms with Crippen molar-refractivity contribution in [2.24, 2.45) is 0 Å². The Morgan fingerprint density at radius 2 is 1.53 bits per heavy atom. The van der Waals surface area contributed by atoms with Gasteiger partial charge >= 0.3 is 0 Å². The van der Waals surface area contributed by atoms with Gasteiger partial charge in [0.1, 0.15) is 5.82 Å². The van der Waals surface area contributed by atoms with Gasteiger partial charge in [0.2, 0.25) is 0 Å². The molecule has 1 aromatic carbocycles. The Balaban J connectivity index is 2.70. The normalized spacial score (nSPS) is 9.79. The van der Waals surface area contributed by atoms with Crippen LogP contribution in [-0.2, 0) is 0 Å². The molecule has 0 radical (unpaired) electrons. The summed E-state index contributed by atoms with van der Waals surface area (Å²) in [7, 11) is 0. The summed E-state index contributed by atoms with van der Waals surface area (Å²) in [6.45, 7) is 4.03. The number of hydrogen-bond donors (Lipinski definition) is 1. The first-order valence-corrected chi connectivity index (χ1v) is 6.30. The van der Waals surface area contributed by atoms with Gasteiger partial charge in [0.05, 0.1) is 5.69 Å². The molecule has 1 heterocycles. The van der Waals surface area contributed by atoms with Crippen LogP contribution in [0.1, 0.15) is 11.1 Å². The number of hydrogen-bond acceptors (Lipinski definition) is 2. The maximum atomic E-state index is 6.02. The van der Waals surface area contributed by atoms with Gasteiger partial charge in [-0.15, -0.1) is 0 Å². The molecule has 2 rings (SSSR count). The number of nitrogens with zero attached hydrogens (tertiary/aromatic N) is 1. The molecular weight excluding hydrogens is 232 g/mol. The topological polar surface area (TPSA) is 38.9 Å². The van der Waals surface area contributed by atoms with Crippen LogP contribution in [-0.4, -0.2) is 4.98 Å². The first-order valence-electron chi connectivity index (χ1n) is 6.30. The van der Waals surface area contributed by atoms with Crippen molar-refractivity contribution in [3.63, 3.8) is 0 Å². The van der Waals surface area contributed by atoms with Crippen LogP contribution in [0.2, 0.25) is 0 Å². The Kier molecular flexibility index (Phi) is 4.14. The van der Waals surface area contributed by atoms with Crippen molar-refractivity contribution in [1.29, 1.82) is 0 Å². The average Bonchev–Trinajstić information content (AvgIpc) is 2.43. The van der Waals surface area contributed by atoms with E-state index in [-0.39, 0.29) is 0 Å². The molecule has 2 nitrogen and oxygen atoms in total. The molecule has 0 aliphatic carbocycles. The SMILES string of the molecule is Cc1cccc(C)c(N)nc(-c2ccccc2)cc1. The standard InChI is InChI=1S/C17H18N2/c1-13-7-6-8-14(2)17(18)19-16(12-11-13)15-9-4-3-5-10-15/h3-12H,1-2H3,(H2,18,19). The highest BCUT2D eigenvalue weighted by atomic mass is 14.8. The van der Waals surface area contributed by atoms with E-state index < -0.39 is 0 Å². The van der Waals surface area contributed by atoms with Crippen LogP contribution in [0.25, 0.3) is 11.3 Å². The van der Waals surface area contributed by atoms with Gasteiger partial charge in [-0.3, -0.25) is 0 Å². The predicted octanol–water partition coefficient (Wildman–Crippen LogP) is 4.07. The molecule has 0 aliphatic rings. The Morgan fingerprint density at radius 1 is 0.789 bits per heavy atom. The fourth-order valence-corrected chi connectivity index (χ4v) is 1.72. The minimum atomic E-state index is 0.549. The van der Waals surface area contributed by atoms with Gasteiger partial charge < -0.3 is 5.73 Å². The van der Waals surface area contributed by atoms with Crippen molar-refractivity contribution in [1.82, 2.24) is 4.98 Å². The molecule has 0 spiro atoms. The summed E-state index contributed by atoms with van der Waals surface area (Å²) in [5, 5.41) is 0. The molecule has 0 unspecified atom stereocenters. The van der Waals surface area contributed by atoms with E-state index in [1.165, 1.54) is 5.56 Å². The molecule has 19 heavy (non-hydrogen) atoms. The van der Waals surface area contributed by atoms with E-state index in [2.05, 4.69) is 18.0 Å². The lowest BCUT2D eigenvalue weighted by Crippen LogP contribution is -1.92. The molecule has 0 bridgehead atoms. The molecule has 0 saturated heterocycles. The van der Waals surface area contributed by atoms with E-state index in [9.17, 15) is 0 Å². The van der Waals surface area contributed by atoms with Crippen LogP contribution in [0.15, 0.2) is 60.7 Å². The highest BCUT2D eigenvalue weighted by molar-refractivity contribution is 5.60. The first kappa shape index (κ1) is 13.1. The Morgan fingerprint density at radius 3 is 2.26 bits per heavy atom. The third-order valence-electron chi connectivity index (χ3n) is 2.92. The van der Waals surface area contributed by atoms with Gasteiger partial charge in [-0.05, 0) is 25.5 Å². The molecule has 0 atom stereocenters. The van der Waals surface area contributed by atoms with Crippen molar-refractivity contribution in [3.8, 4) is 11.3 Å². The van der Waals surface area contributed by atoms with Gasteiger partial charge in [0.15, 0.2) is 0 Å². The number of aryl methyl sites for hydroxylation is 2. The van der Waals surface area contributed by atoms with Crippen molar-refractivity contribution < 1.29 is 0 Å². The minimum Gasteiger partial charge on any atom is -0.383 e. The van der Waals surface area contributed by atoms with Crippen LogP contribution in [0, 0.1) is 13.8 Å². The number of rotatable bonds is 1. The lowest BCUT2D eigenvalue weighted by Gasteiger charge is -2.01. The molecule has 2 aromatic rings. The van der Waals surface area contributed by atoms with Crippen LogP contribution < -0.4 is 5.73 Å². The maximum absolute atomic E-state index is 6.02. The van der Waals surface area contributed by atoms with Crippen LogP contribution in [0.5, 0.6) is 0 Å². The highest BCUT2D eigenvalue weighted by Crippen LogP contribution is 2.16. The third kappa shape index (κ3) is 3.55. The Hall–Kier alpha value is -2.35. The van der Waals surface area contributed by atoms with Crippen molar-refractivity contribution >= 4 is 5.82 Å². The van der Waals surface area contributed by atoms with E-state index in [1.54, 1.807) is 0 Å². The van der Waals surface area contributed by atoms with Crippen LogP contribution in [0.3, 0.4) is 0 Å². The summed E-state index contributed by atoms with van der Waals surface area (Å²) < 4.78 is 0. The molecule has 2 N–H and O–H groups in total. The fourth-order valence-electron chi connectivity index (χ4n) is 1.72. The van der Waals surface area contributed by atoms with E-state index in [0.717, 1.165) is 16.8 Å². The highest BCUT2D eigenvalue weighted by Gasteiger charge is 1.97. The monoisotopic (exact) mass is 250 g/mol. The second kappa shape index (κ2) is 6.01. The number of aromatic nitrogens is 1. The van der Waals surface area contributed by atoms with Crippen molar-refractivity contribution in [2.75, 3.05) is 5.73 Å². The number of nitrogen functional groups attached to an aromatic ring is 1. The van der Waals surface area contributed by atoms with Crippen LogP contribution in [0.4, 0.5) is 5.82 Å². The van der Waals surface area contributed by atoms with Crippen molar-refractivity contribution in [3.05, 3.63) is 71.8 Å². The summed E-state index contributed by atoms with van der Waals surface area (Å²) in [4.78, 5) is 4.53. The zero-order valence-corrected chi connectivity index (χ0v) is 11.3. The van der Waals surface area contributed by atoms with Gasteiger partial charge in [-0.25, -0.2) is 4.98 Å². The summed E-state index contributed by atoms with van der Waals surface area (Å²) >= 11 is 0. The zero-order chi connectivity index (χ0) is 13.7. The second-order valence-corrected chi connectivity index (χ2v) is 4.53. The lowest BCUT2D eigenvalue weighted by atomic mass is 10.1. The Labute approximate surface area is 114 Å². The van der Waals surface area contributed by atoms with Gasteiger partial charge in [0, 0.05) is 5.56 Å². The zero-order valence-electron chi connectivity index (χ0n) is 11.3. The minimum absolute atomic E-state index is 0.549.